The third kappa shape index (κ3) is 1.65. The molecular weight excluding hydrogens is 144 g/mol. The van der Waals surface area contributed by atoms with E-state index in [0.717, 1.165) is 13.1 Å². The van der Waals surface area contributed by atoms with Gasteiger partial charge in [-0.25, -0.2) is 0 Å². The largest absolute Gasteiger partial charge is 0.329 e. The van der Waals surface area contributed by atoms with Crippen molar-refractivity contribution in [1.29, 1.82) is 0 Å². The summed E-state index contributed by atoms with van der Waals surface area (Å²) in [6, 6.07) is 0. The maximum atomic E-state index is 5.68. The summed E-state index contributed by atoms with van der Waals surface area (Å²) >= 11 is 2.00. The van der Waals surface area contributed by atoms with Crippen LogP contribution in [0.1, 0.15) is 13.3 Å². The molecule has 2 nitrogen and oxygen atoms in total. The fourth-order valence-corrected chi connectivity index (χ4v) is 2.79. The molecule has 1 fully saturated rings. The van der Waals surface area contributed by atoms with E-state index in [9.17, 15) is 0 Å². The summed E-state index contributed by atoms with van der Waals surface area (Å²) in [7, 11) is 0. The van der Waals surface area contributed by atoms with Crippen LogP contribution in [0.25, 0.3) is 0 Å². The second-order valence-electron chi connectivity index (χ2n) is 2.82. The lowest BCUT2D eigenvalue weighted by molar-refractivity contribution is 0.383. The Morgan fingerprint density at radius 2 is 2.50 bits per heavy atom. The minimum absolute atomic E-state index is 0.277. The van der Waals surface area contributed by atoms with Crippen LogP contribution in [0.2, 0.25) is 0 Å². The molecule has 1 rings (SSSR count). The number of likely N-dealkylation sites (N-methyl/N-ethyl adjacent to an activating group) is 1. The van der Waals surface area contributed by atoms with E-state index >= 15 is 0 Å². The number of hydrogen-bond donors (Lipinski definition) is 2. The Bertz CT molecular complexity index is 99.8. The fraction of sp³-hybridized carbons (Fsp3) is 1.00. The minimum atomic E-state index is 0.277. The molecule has 0 aliphatic carbocycles. The van der Waals surface area contributed by atoms with Crippen molar-refractivity contribution in [2.45, 2.75) is 18.9 Å². The van der Waals surface area contributed by atoms with E-state index in [1.807, 2.05) is 11.8 Å². The quantitative estimate of drug-likeness (QED) is 0.629. The molecular formula is C7H16N2S. The fourth-order valence-electron chi connectivity index (χ4n) is 1.35. The topological polar surface area (TPSA) is 38.0 Å². The molecule has 0 radical (unpaired) electrons. The van der Waals surface area contributed by atoms with E-state index in [1.54, 1.807) is 0 Å². The zero-order valence-electron chi connectivity index (χ0n) is 6.52. The normalized spacial score (nSPS) is 33.0. The van der Waals surface area contributed by atoms with Gasteiger partial charge in [0.25, 0.3) is 0 Å². The van der Waals surface area contributed by atoms with Crippen LogP contribution in [0.5, 0.6) is 0 Å². The summed E-state index contributed by atoms with van der Waals surface area (Å²) < 4.78 is 0. The number of nitrogens with two attached hydrogens (primary N) is 1. The van der Waals surface area contributed by atoms with Crippen LogP contribution in [0, 0.1) is 0 Å². The lowest BCUT2D eigenvalue weighted by atomic mass is 9.99. The van der Waals surface area contributed by atoms with E-state index in [2.05, 4.69) is 12.2 Å². The Balaban J connectivity index is 2.41. The molecule has 0 aromatic carbocycles. The smallest absolute Gasteiger partial charge is 0.0403 e. The van der Waals surface area contributed by atoms with Crippen molar-refractivity contribution in [3.63, 3.8) is 0 Å². The Kier molecular flexibility index (Phi) is 3.01. The van der Waals surface area contributed by atoms with Gasteiger partial charge in [0.05, 0.1) is 0 Å². The zero-order valence-corrected chi connectivity index (χ0v) is 7.34. The summed E-state index contributed by atoms with van der Waals surface area (Å²) in [5.41, 5.74) is 5.96. The molecule has 0 bridgehead atoms. The van der Waals surface area contributed by atoms with E-state index in [4.69, 9.17) is 5.73 Å². The predicted molar refractivity (Wildman–Crippen MR) is 47.4 cm³/mol. The van der Waals surface area contributed by atoms with Crippen molar-refractivity contribution in [1.82, 2.24) is 5.32 Å². The van der Waals surface area contributed by atoms with Crippen molar-refractivity contribution in [2.75, 3.05) is 24.6 Å². The molecule has 10 heavy (non-hydrogen) atoms. The molecule has 0 saturated carbocycles. The second-order valence-corrected chi connectivity index (χ2v) is 3.92. The van der Waals surface area contributed by atoms with Crippen LogP contribution in [0.15, 0.2) is 0 Å². The van der Waals surface area contributed by atoms with Gasteiger partial charge in [0.2, 0.25) is 0 Å². The molecule has 1 unspecified atom stereocenters. The van der Waals surface area contributed by atoms with Crippen LogP contribution >= 0.6 is 11.8 Å². The van der Waals surface area contributed by atoms with Crippen LogP contribution in [-0.4, -0.2) is 30.1 Å². The van der Waals surface area contributed by atoms with E-state index < -0.39 is 0 Å². The van der Waals surface area contributed by atoms with Gasteiger partial charge in [-0.2, -0.15) is 11.8 Å². The van der Waals surface area contributed by atoms with E-state index in [-0.39, 0.29) is 5.54 Å². The number of hydrogen-bond acceptors (Lipinski definition) is 3. The summed E-state index contributed by atoms with van der Waals surface area (Å²) in [4.78, 5) is 0. The van der Waals surface area contributed by atoms with Gasteiger partial charge in [0.15, 0.2) is 0 Å². The first-order valence-electron chi connectivity index (χ1n) is 3.86. The van der Waals surface area contributed by atoms with Gasteiger partial charge in [-0.15, -0.1) is 0 Å². The molecule has 1 aliphatic heterocycles. The third-order valence-electron chi connectivity index (χ3n) is 2.05. The number of thioether (sulfide) groups is 1. The van der Waals surface area contributed by atoms with Crippen molar-refractivity contribution in [2.24, 2.45) is 5.73 Å². The number of rotatable bonds is 3. The number of nitrogens with one attached hydrogen (secondary N) is 1. The second kappa shape index (κ2) is 3.60. The van der Waals surface area contributed by atoms with Gasteiger partial charge in [-0.3, -0.25) is 0 Å². The molecule has 3 heteroatoms. The first-order chi connectivity index (χ1) is 4.83. The van der Waals surface area contributed by atoms with Crippen LogP contribution in [-0.2, 0) is 0 Å². The molecule has 0 amide bonds. The monoisotopic (exact) mass is 160 g/mol. The molecule has 60 valence electrons. The van der Waals surface area contributed by atoms with Gasteiger partial charge in [-0.1, -0.05) is 6.92 Å². The predicted octanol–water partition coefficient (Wildman–Crippen LogP) is 0.430. The Labute approximate surface area is 66.9 Å². The highest BCUT2D eigenvalue weighted by Crippen LogP contribution is 2.26. The first kappa shape index (κ1) is 8.37. The molecule has 3 N–H and O–H groups in total. The van der Waals surface area contributed by atoms with E-state index in [1.165, 1.54) is 17.9 Å². The van der Waals surface area contributed by atoms with Crippen LogP contribution in [0.3, 0.4) is 0 Å². The first-order valence-corrected chi connectivity index (χ1v) is 5.01. The van der Waals surface area contributed by atoms with Crippen LogP contribution < -0.4 is 11.1 Å². The highest BCUT2D eigenvalue weighted by Gasteiger charge is 2.31. The lowest BCUT2D eigenvalue weighted by Gasteiger charge is -2.27. The van der Waals surface area contributed by atoms with Crippen molar-refractivity contribution >= 4 is 11.8 Å². The summed E-state index contributed by atoms with van der Waals surface area (Å²) in [6.45, 7) is 3.96. The Morgan fingerprint density at radius 1 is 1.70 bits per heavy atom. The minimum Gasteiger partial charge on any atom is -0.329 e. The maximum Gasteiger partial charge on any atom is 0.0403 e. The molecule has 0 aromatic rings. The van der Waals surface area contributed by atoms with Crippen molar-refractivity contribution in [3.8, 4) is 0 Å². The highest BCUT2D eigenvalue weighted by molar-refractivity contribution is 7.99. The molecule has 1 aliphatic rings. The van der Waals surface area contributed by atoms with Gasteiger partial charge in [0.1, 0.15) is 0 Å². The summed E-state index contributed by atoms with van der Waals surface area (Å²) in [6.07, 6.45) is 1.24. The van der Waals surface area contributed by atoms with Gasteiger partial charge >= 0.3 is 0 Å². The van der Waals surface area contributed by atoms with Gasteiger partial charge < -0.3 is 11.1 Å². The average molecular weight is 160 g/mol. The SMILES string of the molecule is CCNC1(CN)CCSC1. The lowest BCUT2D eigenvalue weighted by Crippen LogP contribution is -2.51. The van der Waals surface area contributed by atoms with Crippen LogP contribution in [0.4, 0.5) is 0 Å². The van der Waals surface area contributed by atoms with Gasteiger partial charge in [-0.05, 0) is 18.7 Å². The van der Waals surface area contributed by atoms with Crippen molar-refractivity contribution in [3.05, 3.63) is 0 Å². The third-order valence-corrected chi connectivity index (χ3v) is 3.30. The highest BCUT2D eigenvalue weighted by atomic mass is 32.2. The molecule has 1 saturated heterocycles. The van der Waals surface area contributed by atoms with Gasteiger partial charge in [0, 0.05) is 17.8 Å². The maximum absolute atomic E-state index is 5.68. The zero-order chi connectivity index (χ0) is 7.45. The Hall–Kier alpha value is 0.270. The molecule has 0 spiro atoms. The Morgan fingerprint density at radius 3 is 2.90 bits per heavy atom. The van der Waals surface area contributed by atoms with Crippen molar-refractivity contribution < 1.29 is 0 Å². The molecule has 0 aromatic heterocycles. The average Bonchev–Trinajstić information content (AvgIpc) is 2.39. The summed E-state index contributed by atoms with van der Waals surface area (Å²) in [5.74, 6) is 2.46. The van der Waals surface area contributed by atoms with E-state index in [0.29, 0.717) is 0 Å². The molecule has 1 atom stereocenters. The summed E-state index contributed by atoms with van der Waals surface area (Å²) in [5, 5.41) is 3.46. The standard InChI is InChI=1S/C7H16N2S/c1-2-9-7(5-8)3-4-10-6-7/h9H,2-6,8H2,1H3. The molecule has 1 heterocycles.